The second kappa shape index (κ2) is 6.92. The van der Waals surface area contributed by atoms with E-state index < -0.39 is 0 Å². The molecule has 1 atom stereocenters. The van der Waals surface area contributed by atoms with Crippen LogP contribution < -0.4 is 10.6 Å². The average Bonchev–Trinajstić information content (AvgIpc) is 2.76. The number of nitrogens with two attached hydrogens (primary N) is 1. The molecule has 1 unspecified atom stereocenters. The van der Waals surface area contributed by atoms with Crippen LogP contribution in [-0.2, 0) is 0 Å². The van der Waals surface area contributed by atoms with Gasteiger partial charge in [-0.05, 0) is 37.6 Å². The molecule has 4 heteroatoms. The highest BCUT2D eigenvalue weighted by atomic mass is 19.1. The largest absolute Gasteiger partial charge is 0.369 e. The summed E-state index contributed by atoms with van der Waals surface area (Å²) in [5, 5.41) is 0. The summed E-state index contributed by atoms with van der Waals surface area (Å²) in [5.41, 5.74) is 6.89. The molecule has 1 aliphatic rings. The molecule has 0 radical (unpaired) electrons. The number of halogens is 1. The first-order valence-corrected chi connectivity index (χ1v) is 7.92. The number of unbranched alkanes of at least 4 members (excludes halogenated alkanes) is 4. The zero-order valence-corrected chi connectivity index (χ0v) is 13.1. The van der Waals surface area contributed by atoms with Gasteiger partial charge in [0.15, 0.2) is 5.96 Å². The Morgan fingerprint density at radius 1 is 1.19 bits per heavy atom. The number of benzene rings is 1. The predicted octanol–water partition coefficient (Wildman–Crippen LogP) is 4.08. The number of nitrogens with zero attached hydrogens (tertiary/aromatic N) is 2. The molecular formula is C17H26FN3. The van der Waals surface area contributed by atoms with Crippen LogP contribution in [0.2, 0.25) is 0 Å². The van der Waals surface area contributed by atoms with Crippen molar-refractivity contribution in [3.63, 3.8) is 0 Å². The van der Waals surface area contributed by atoms with Crippen molar-refractivity contribution in [1.82, 2.24) is 0 Å². The zero-order chi connectivity index (χ0) is 15.3. The van der Waals surface area contributed by atoms with Crippen LogP contribution in [0.15, 0.2) is 29.3 Å². The first-order chi connectivity index (χ1) is 10.1. The van der Waals surface area contributed by atoms with Crippen LogP contribution in [0.25, 0.3) is 0 Å². The van der Waals surface area contributed by atoms with Crippen molar-refractivity contribution < 1.29 is 4.39 Å². The van der Waals surface area contributed by atoms with E-state index in [2.05, 4.69) is 23.7 Å². The summed E-state index contributed by atoms with van der Waals surface area (Å²) in [5.74, 6) is 0.312. The van der Waals surface area contributed by atoms with E-state index in [9.17, 15) is 4.39 Å². The van der Waals surface area contributed by atoms with Crippen LogP contribution in [0.1, 0.15) is 52.4 Å². The standard InChI is InChI=1S/C17H26FN3/c1-3-4-5-6-7-12-17(2)13-20-16(19)21(17)15-10-8-14(18)9-11-15/h8-11H,3-7,12-13H2,1-2H3,(H2,19,20). The number of aliphatic imine (C=N–C) groups is 1. The Morgan fingerprint density at radius 2 is 1.86 bits per heavy atom. The third kappa shape index (κ3) is 3.74. The summed E-state index contributed by atoms with van der Waals surface area (Å²) in [6.45, 7) is 5.13. The van der Waals surface area contributed by atoms with Gasteiger partial charge in [0.25, 0.3) is 0 Å². The second-order valence-electron chi connectivity index (χ2n) is 6.15. The molecule has 0 saturated heterocycles. The summed E-state index contributed by atoms with van der Waals surface area (Å²) in [4.78, 5) is 6.47. The molecule has 0 spiro atoms. The fourth-order valence-corrected chi connectivity index (χ4v) is 3.00. The minimum absolute atomic E-state index is 0.0892. The molecule has 0 aromatic heterocycles. The van der Waals surface area contributed by atoms with Gasteiger partial charge in [-0.25, -0.2) is 4.39 Å². The van der Waals surface area contributed by atoms with E-state index in [0.29, 0.717) is 12.5 Å². The van der Waals surface area contributed by atoms with Crippen LogP contribution in [0.4, 0.5) is 10.1 Å². The first-order valence-electron chi connectivity index (χ1n) is 7.92. The molecule has 2 rings (SSSR count). The monoisotopic (exact) mass is 291 g/mol. The average molecular weight is 291 g/mol. The van der Waals surface area contributed by atoms with Crippen LogP contribution in [0.5, 0.6) is 0 Å². The van der Waals surface area contributed by atoms with Gasteiger partial charge in [0.2, 0.25) is 0 Å². The highest BCUT2D eigenvalue weighted by Crippen LogP contribution is 2.32. The molecule has 2 N–H and O–H groups in total. The SMILES string of the molecule is CCCCCCCC1(C)CN=C(N)N1c1ccc(F)cc1. The van der Waals surface area contributed by atoms with Crippen molar-refractivity contribution in [2.45, 2.75) is 57.9 Å². The third-order valence-corrected chi connectivity index (χ3v) is 4.25. The van der Waals surface area contributed by atoms with E-state index in [-0.39, 0.29) is 11.4 Å². The van der Waals surface area contributed by atoms with E-state index in [0.717, 1.165) is 12.1 Å². The fourth-order valence-electron chi connectivity index (χ4n) is 3.00. The molecule has 0 bridgehead atoms. The van der Waals surface area contributed by atoms with Gasteiger partial charge in [-0.2, -0.15) is 0 Å². The van der Waals surface area contributed by atoms with Crippen molar-refractivity contribution in [1.29, 1.82) is 0 Å². The van der Waals surface area contributed by atoms with E-state index in [1.807, 2.05) is 0 Å². The smallest absolute Gasteiger partial charge is 0.196 e. The van der Waals surface area contributed by atoms with E-state index in [1.165, 1.54) is 44.2 Å². The lowest BCUT2D eigenvalue weighted by molar-refractivity contribution is 0.433. The molecule has 1 heterocycles. The summed E-state index contributed by atoms with van der Waals surface area (Å²) in [6.07, 6.45) is 7.33. The lowest BCUT2D eigenvalue weighted by Gasteiger charge is -2.36. The number of guanidine groups is 1. The molecule has 1 aliphatic heterocycles. The third-order valence-electron chi connectivity index (χ3n) is 4.25. The van der Waals surface area contributed by atoms with Gasteiger partial charge < -0.3 is 10.6 Å². The Morgan fingerprint density at radius 3 is 2.52 bits per heavy atom. The van der Waals surface area contributed by atoms with Crippen molar-refractivity contribution in [2.75, 3.05) is 11.4 Å². The number of anilines is 1. The molecule has 1 aromatic carbocycles. The van der Waals surface area contributed by atoms with Gasteiger partial charge in [-0.3, -0.25) is 4.99 Å². The molecule has 1 aromatic rings. The maximum absolute atomic E-state index is 13.1. The lowest BCUT2D eigenvalue weighted by Crippen LogP contribution is -2.50. The minimum Gasteiger partial charge on any atom is -0.369 e. The molecule has 116 valence electrons. The van der Waals surface area contributed by atoms with Gasteiger partial charge in [-0.15, -0.1) is 0 Å². The zero-order valence-electron chi connectivity index (χ0n) is 13.1. The lowest BCUT2D eigenvalue weighted by atomic mass is 9.92. The van der Waals surface area contributed by atoms with E-state index in [4.69, 9.17) is 5.73 Å². The quantitative estimate of drug-likeness (QED) is 0.769. The highest BCUT2D eigenvalue weighted by Gasteiger charge is 2.38. The van der Waals surface area contributed by atoms with Gasteiger partial charge in [0, 0.05) is 5.69 Å². The molecule has 3 nitrogen and oxygen atoms in total. The van der Waals surface area contributed by atoms with Gasteiger partial charge in [0.05, 0.1) is 12.1 Å². The maximum atomic E-state index is 13.1. The molecule has 0 fully saturated rings. The summed E-state index contributed by atoms with van der Waals surface area (Å²) in [7, 11) is 0. The van der Waals surface area contributed by atoms with Crippen molar-refractivity contribution in [3.8, 4) is 0 Å². The van der Waals surface area contributed by atoms with Crippen LogP contribution in [0, 0.1) is 5.82 Å². The Labute approximate surface area is 127 Å². The number of hydrogen-bond acceptors (Lipinski definition) is 3. The van der Waals surface area contributed by atoms with Crippen LogP contribution in [0.3, 0.4) is 0 Å². The second-order valence-corrected chi connectivity index (χ2v) is 6.15. The summed E-state index contributed by atoms with van der Waals surface area (Å²) < 4.78 is 13.1. The summed E-state index contributed by atoms with van der Waals surface area (Å²) >= 11 is 0. The van der Waals surface area contributed by atoms with Crippen LogP contribution in [-0.4, -0.2) is 18.0 Å². The topological polar surface area (TPSA) is 41.6 Å². The molecule has 0 saturated carbocycles. The first kappa shape index (κ1) is 15.8. The van der Waals surface area contributed by atoms with Crippen molar-refractivity contribution in [3.05, 3.63) is 30.1 Å². The van der Waals surface area contributed by atoms with Gasteiger partial charge in [-0.1, -0.05) is 39.0 Å². The normalized spacial score (nSPS) is 21.7. The summed E-state index contributed by atoms with van der Waals surface area (Å²) in [6, 6.07) is 6.50. The molecule has 21 heavy (non-hydrogen) atoms. The Bertz CT molecular complexity index is 483. The molecule has 0 amide bonds. The number of rotatable bonds is 7. The highest BCUT2D eigenvalue weighted by molar-refractivity contribution is 5.98. The Hall–Kier alpha value is -1.58. The minimum atomic E-state index is -0.227. The molecule has 0 aliphatic carbocycles. The van der Waals surface area contributed by atoms with Crippen LogP contribution >= 0.6 is 0 Å². The van der Waals surface area contributed by atoms with Crippen molar-refractivity contribution in [2.24, 2.45) is 10.7 Å². The Balaban J connectivity index is 2.02. The van der Waals surface area contributed by atoms with Crippen molar-refractivity contribution >= 4 is 11.6 Å². The van der Waals surface area contributed by atoms with E-state index >= 15 is 0 Å². The predicted molar refractivity (Wildman–Crippen MR) is 87.1 cm³/mol. The van der Waals surface area contributed by atoms with E-state index in [1.54, 1.807) is 12.1 Å². The van der Waals surface area contributed by atoms with Gasteiger partial charge >= 0.3 is 0 Å². The Kier molecular flexibility index (Phi) is 5.21. The van der Waals surface area contributed by atoms with Gasteiger partial charge in [0.1, 0.15) is 5.82 Å². The fraction of sp³-hybridized carbons (Fsp3) is 0.588. The number of hydrogen-bond donors (Lipinski definition) is 1. The molecular weight excluding hydrogens is 265 g/mol. The maximum Gasteiger partial charge on any atom is 0.196 e.